The summed E-state index contributed by atoms with van der Waals surface area (Å²) >= 11 is 6.18. The third kappa shape index (κ3) is 6.43. The molecule has 1 aliphatic rings. The van der Waals surface area contributed by atoms with Gasteiger partial charge in [0.2, 0.25) is 0 Å². The second-order valence-corrected chi connectivity index (χ2v) is 11.5. The van der Waals surface area contributed by atoms with E-state index in [1.807, 2.05) is 48.5 Å². The molecule has 1 N–H and O–H groups in total. The normalized spacial score (nSPS) is 13.7. The number of rotatable bonds is 9. The molecular weight excluding hydrogens is 558 g/mol. The van der Waals surface area contributed by atoms with Crippen molar-refractivity contribution >= 4 is 28.5 Å². The molecule has 1 aliphatic carbocycles. The maximum absolute atomic E-state index is 11.8. The molecule has 0 amide bonds. The molecular formula is C37H34ClNO4. The van der Waals surface area contributed by atoms with Gasteiger partial charge in [-0.2, -0.15) is 0 Å². The lowest BCUT2D eigenvalue weighted by atomic mass is 9.80. The van der Waals surface area contributed by atoms with E-state index in [1.165, 1.54) is 19.3 Å². The monoisotopic (exact) mass is 591 g/mol. The summed E-state index contributed by atoms with van der Waals surface area (Å²) in [5, 5.41) is 11.4. The molecule has 5 aromatic rings. The van der Waals surface area contributed by atoms with E-state index in [0.29, 0.717) is 29.7 Å². The number of carboxylic acid groups (broad SMARTS) is 1. The van der Waals surface area contributed by atoms with E-state index in [9.17, 15) is 9.90 Å². The third-order valence-electron chi connectivity index (χ3n) is 8.32. The molecule has 1 fully saturated rings. The Morgan fingerprint density at radius 3 is 2.35 bits per heavy atom. The average Bonchev–Trinajstić information content (AvgIpc) is 3.05. The highest BCUT2D eigenvalue weighted by atomic mass is 35.5. The lowest BCUT2D eigenvalue weighted by molar-refractivity contribution is 0.0696. The molecule has 218 valence electrons. The summed E-state index contributed by atoms with van der Waals surface area (Å²) in [7, 11) is 1.66. The summed E-state index contributed by atoms with van der Waals surface area (Å²) in [6, 6.07) is 29.9. The fourth-order valence-electron chi connectivity index (χ4n) is 6.10. The lowest BCUT2D eigenvalue weighted by Crippen LogP contribution is -2.08. The van der Waals surface area contributed by atoms with Gasteiger partial charge in [0.15, 0.2) is 0 Å². The standard InChI is InChI=1S/C37H34ClNO4/c1-42-19-20-43-30-14-16-31(25-7-12-29(38)13-8-25)34(23-30)36-18-11-27-21-26(10-17-35(27)39-36)32-15-9-28(37(40)41)22-33(32)24-5-3-2-4-6-24/h7-18,21-24H,2-6,19-20H2,1H3,(H,40,41). The summed E-state index contributed by atoms with van der Waals surface area (Å²) in [6.45, 7) is 0.965. The number of carboxylic acids is 1. The smallest absolute Gasteiger partial charge is 0.335 e. The van der Waals surface area contributed by atoms with Crippen molar-refractivity contribution in [3.63, 3.8) is 0 Å². The first-order valence-electron chi connectivity index (χ1n) is 14.8. The van der Waals surface area contributed by atoms with Crippen molar-refractivity contribution in [3.8, 4) is 39.3 Å². The Kier molecular flexibility index (Phi) is 8.73. The Hall–Kier alpha value is -4.19. The van der Waals surface area contributed by atoms with Gasteiger partial charge in [0.1, 0.15) is 12.4 Å². The zero-order valence-electron chi connectivity index (χ0n) is 24.2. The first-order chi connectivity index (χ1) is 21.0. The highest BCUT2D eigenvalue weighted by molar-refractivity contribution is 6.30. The highest BCUT2D eigenvalue weighted by Crippen LogP contribution is 2.40. The van der Waals surface area contributed by atoms with Crippen molar-refractivity contribution in [2.45, 2.75) is 38.0 Å². The van der Waals surface area contributed by atoms with Gasteiger partial charge in [0.05, 0.1) is 23.4 Å². The van der Waals surface area contributed by atoms with Crippen LogP contribution >= 0.6 is 11.6 Å². The number of aromatic carboxylic acids is 1. The van der Waals surface area contributed by atoms with Crippen LogP contribution in [0.4, 0.5) is 0 Å². The minimum absolute atomic E-state index is 0.348. The van der Waals surface area contributed by atoms with Gasteiger partial charge in [-0.15, -0.1) is 0 Å². The van der Waals surface area contributed by atoms with Crippen LogP contribution in [0, 0.1) is 0 Å². The Morgan fingerprint density at radius 2 is 1.58 bits per heavy atom. The molecule has 0 aliphatic heterocycles. The molecule has 1 aromatic heterocycles. The van der Waals surface area contributed by atoms with Crippen LogP contribution in [-0.4, -0.2) is 36.4 Å². The van der Waals surface area contributed by atoms with Gasteiger partial charge in [0, 0.05) is 23.1 Å². The Morgan fingerprint density at radius 1 is 0.814 bits per heavy atom. The summed E-state index contributed by atoms with van der Waals surface area (Å²) < 4.78 is 11.1. The van der Waals surface area contributed by atoms with Gasteiger partial charge >= 0.3 is 5.97 Å². The van der Waals surface area contributed by atoms with Crippen molar-refractivity contribution in [2.24, 2.45) is 0 Å². The van der Waals surface area contributed by atoms with E-state index >= 15 is 0 Å². The molecule has 6 heteroatoms. The number of pyridine rings is 1. The fraction of sp³-hybridized carbons (Fsp3) is 0.243. The Balaban J connectivity index is 1.40. The summed E-state index contributed by atoms with van der Waals surface area (Å²) in [5.74, 6) is 0.246. The van der Waals surface area contributed by atoms with Gasteiger partial charge < -0.3 is 14.6 Å². The van der Waals surface area contributed by atoms with Gasteiger partial charge in [-0.25, -0.2) is 9.78 Å². The number of ether oxygens (including phenoxy) is 2. The van der Waals surface area contributed by atoms with Crippen LogP contribution in [-0.2, 0) is 4.74 Å². The van der Waals surface area contributed by atoms with E-state index in [-0.39, 0.29) is 0 Å². The molecule has 43 heavy (non-hydrogen) atoms. The van der Waals surface area contributed by atoms with Crippen LogP contribution in [0.5, 0.6) is 5.75 Å². The zero-order valence-corrected chi connectivity index (χ0v) is 24.9. The molecule has 0 bridgehead atoms. The molecule has 4 aromatic carbocycles. The molecule has 0 unspecified atom stereocenters. The number of carbonyl (C=O) groups is 1. The number of aromatic nitrogens is 1. The van der Waals surface area contributed by atoms with Gasteiger partial charge in [-0.1, -0.05) is 67.3 Å². The van der Waals surface area contributed by atoms with E-state index in [0.717, 1.165) is 68.6 Å². The number of fused-ring (bicyclic) bond motifs is 1. The van der Waals surface area contributed by atoms with Gasteiger partial charge in [0.25, 0.3) is 0 Å². The molecule has 0 radical (unpaired) electrons. The summed E-state index contributed by atoms with van der Waals surface area (Å²) in [4.78, 5) is 16.9. The van der Waals surface area contributed by atoms with Crippen LogP contribution in [0.1, 0.15) is 53.9 Å². The van der Waals surface area contributed by atoms with Crippen LogP contribution in [0.3, 0.4) is 0 Å². The maximum Gasteiger partial charge on any atom is 0.335 e. The molecule has 0 atom stereocenters. The Labute approximate surface area is 257 Å². The van der Waals surface area contributed by atoms with Crippen molar-refractivity contribution in [3.05, 3.63) is 107 Å². The molecule has 5 nitrogen and oxygen atoms in total. The average molecular weight is 592 g/mol. The van der Waals surface area contributed by atoms with Crippen LogP contribution in [0.2, 0.25) is 5.02 Å². The van der Waals surface area contributed by atoms with Crippen molar-refractivity contribution < 1.29 is 19.4 Å². The first-order valence-corrected chi connectivity index (χ1v) is 15.2. The van der Waals surface area contributed by atoms with Crippen LogP contribution in [0.15, 0.2) is 91.0 Å². The number of hydrogen-bond acceptors (Lipinski definition) is 4. The SMILES string of the molecule is COCCOc1ccc(-c2ccc(Cl)cc2)c(-c2ccc3cc(-c4ccc(C(=O)O)cc4C4CCCCC4)ccc3n2)c1. The highest BCUT2D eigenvalue weighted by Gasteiger charge is 2.21. The van der Waals surface area contributed by atoms with Crippen molar-refractivity contribution in [2.75, 3.05) is 20.3 Å². The van der Waals surface area contributed by atoms with Crippen LogP contribution in [0.25, 0.3) is 44.4 Å². The second-order valence-electron chi connectivity index (χ2n) is 11.1. The molecule has 6 rings (SSSR count). The quantitative estimate of drug-likeness (QED) is 0.173. The van der Waals surface area contributed by atoms with Crippen LogP contribution < -0.4 is 4.74 Å². The molecule has 0 saturated heterocycles. The number of benzene rings is 4. The topological polar surface area (TPSA) is 68.7 Å². The van der Waals surface area contributed by atoms with Crippen molar-refractivity contribution in [1.29, 1.82) is 0 Å². The fourth-order valence-corrected chi connectivity index (χ4v) is 6.23. The summed E-state index contributed by atoms with van der Waals surface area (Å²) in [6.07, 6.45) is 5.80. The van der Waals surface area contributed by atoms with E-state index < -0.39 is 5.97 Å². The predicted octanol–water partition coefficient (Wildman–Crippen LogP) is 9.66. The van der Waals surface area contributed by atoms with E-state index in [4.69, 9.17) is 26.1 Å². The minimum Gasteiger partial charge on any atom is -0.491 e. The third-order valence-corrected chi connectivity index (χ3v) is 8.57. The lowest BCUT2D eigenvalue weighted by Gasteiger charge is -2.25. The van der Waals surface area contributed by atoms with E-state index in [2.05, 4.69) is 36.4 Å². The molecule has 1 heterocycles. The number of halogens is 1. The molecule has 0 spiro atoms. The van der Waals surface area contributed by atoms with E-state index in [1.54, 1.807) is 13.2 Å². The number of hydrogen-bond donors (Lipinski definition) is 1. The predicted molar refractivity (Wildman–Crippen MR) is 173 cm³/mol. The largest absolute Gasteiger partial charge is 0.491 e. The van der Waals surface area contributed by atoms with Gasteiger partial charge in [-0.3, -0.25) is 0 Å². The number of nitrogens with zero attached hydrogens (tertiary/aromatic N) is 1. The molecule has 1 saturated carbocycles. The first kappa shape index (κ1) is 28.9. The Bertz CT molecular complexity index is 1760. The maximum atomic E-state index is 11.8. The number of methoxy groups -OCH3 is 1. The zero-order chi connectivity index (χ0) is 29.8. The minimum atomic E-state index is -0.884. The summed E-state index contributed by atoms with van der Waals surface area (Å²) in [5.41, 5.74) is 8.44. The van der Waals surface area contributed by atoms with Gasteiger partial charge in [-0.05, 0) is 101 Å². The second kappa shape index (κ2) is 13.0. The van der Waals surface area contributed by atoms with Crippen molar-refractivity contribution in [1.82, 2.24) is 4.98 Å².